The molecule has 1 aromatic heterocycles. The molecule has 0 aliphatic heterocycles. The zero-order chi connectivity index (χ0) is 19.2. The minimum atomic E-state index is -0.287. The summed E-state index contributed by atoms with van der Waals surface area (Å²) in [5, 5.41) is 3.91. The monoisotopic (exact) mass is 463 g/mol. The van der Waals surface area contributed by atoms with Gasteiger partial charge in [-0.25, -0.2) is 4.98 Å². The molecule has 0 spiro atoms. The fraction of sp³-hybridized carbons (Fsp3) is 0.105. The molecule has 8 heteroatoms. The van der Waals surface area contributed by atoms with Crippen LogP contribution in [0.25, 0.3) is 0 Å². The van der Waals surface area contributed by atoms with Gasteiger partial charge < -0.3 is 10.3 Å². The number of anilines is 1. The summed E-state index contributed by atoms with van der Waals surface area (Å²) in [5.74, 6) is 0.374. The zero-order valence-corrected chi connectivity index (χ0v) is 17.2. The molecule has 0 fully saturated rings. The van der Waals surface area contributed by atoms with E-state index < -0.39 is 0 Å². The largest absolute Gasteiger partial charge is 0.326 e. The van der Waals surface area contributed by atoms with Crippen LogP contribution in [0.3, 0.4) is 0 Å². The lowest BCUT2D eigenvalue weighted by Gasteiger charge is -2.06. The molecule has 0 aliphatic rings. The normalized spacial score (nSPS) is 10.6. The number of carbonyl (C=O) groups excluding carboxylic acids is 1. The Kier molecular flexibility index (Phi) is 6.71. The van der Waals surface area contributed by atoms with Crippen molar-refractivity contribution in [3.8, 4) is 0 Å². The summed E-state index contributed by atoms with van der Waals surface area (Å²) in [5.41, 5.74) is 1.84. The van der Waals surface area contributed by atoms with E-state index in [4.69, 9.17) is 11.6 Å². The van der Waals surface area contributed by atoms with Gasteiger partial charge in [0.1, 0.15) is 0 Å². The fourth-order valence-corrected chi connectivity index (χ4v) is 3.64. The van der Waals surface area contributed by atoms with Gasteiger partial charge in [0.2, 0.25) is 5.91 Å². The average Bonchev–Trinajstić information content (AvgIpc) is 2.61. The number of H-pyrrole nitrogens is 1. The van der Waals surface area contributed by atoms with E-state index in [1.54, 1.807) is 18.2 Å². The van der Waals surface area contributed by atoms with Gasteiger partial charge in [-0.15, -0.1) is 0 Å². The number of aromatic amines is 1. The summed E-state index contributed by atoms with van der Waals surface area (Å²) < 4.78 is 0.929. The van der Waals surface area contributed by atoms with Crippen LogP contribution >= 0.6 is 39.3 Å². The average molecular weight is 465 g/mol. The van der Waals surface area contributed by atoms with Gasteiger partial charge in [-0.2, -0.15) is 0 Å². The number of nitrogens with one attached hydrogen (secondary N) is 2. The van der Waals surface area contributed by atoms with Crippen molar-refractivity contribution in [3.63, 3.8) is 0 Å². The Balaban J connectivity index is 1.64. The number of thioether (sulfide) groups is 1. The standard InChI is InChI=1S/C19H15BrClN3O2S/c20-13-4-6-15(7-5-13)22-17(25)9-16-10-18(26)24-19(23-16)27-11-12-2-1-3-14(21)8-12/h1-8,10H,9,11H2,(H,22,25)(H,23,24,26). The smallest absolute Gasteiger partial charge is 0.251 e. The van der Waals surface area contributed by atoms with Crippen LogP contribution in [0.15, 0.2) is 69.0 Å². The topological polar surface area (TPSA) is 74.8 Å². The third kappa shape index (κ3) is 6.23. The summed E-state index contributed by atoms with van der Waals surface area (Å²) >= 11 is 10.7. The molecule has 27 heavy (non-hydrogen) atoms. The molecule has 5 nitrogen and oxygen atoms in total. The Hall–Kier alpha value is -2.09. The molecule has 1 heterocycles. The summed E-state index contributed by atoms with van der Waals surface area (Å²) in [6.45, 7) is 0. The van der Waals surface area contributed by atoms with Crippen molar-refractivity contribution < 1.29 is 4.79 Å². The van der Waals surface area contributed by atoms with Gasteiger partial charge in [0, 0.05) is 27.0 Å². The van der Waals surface area contributed by atoms with Gasteiger partial charge >= 0.3 is 0 Å². The van der Waals surface area contributed by atoms with E-state index in [9.17, 15) is 9.59 Å². The number of carbonyl (C=O) groups is 1. The Labute approximate surface area is 173 Å². The minimum Gasteiger partial charge on any atom is -0.326 e. The number of aromatic nitrogens is 2. The number of rotatable bonds is 6. The maximum atomic E-state index is 12.2. The highest BCUT2D eigenvalue weighted by molar-refractivity contribution is 9.10. The van der Waals surface area contributed by atoms with Crippen LogP contribution in [0, 0.1) is 0 Å². The molecule has 3 aromatic rings. The number of amides is 1. The lowest BCUT2D eigenvalue weighted by molar-refractivity contribution is -0.115. The third-order valence-electron chi connectivity index (χ3n) is 3.51. The van der Waals surface area contributed by atoms with E-state index >= 15 is 0 Å². The van der Waals surface area contributed by atoms with E-state index in [2.05, 4.69) is 31.2 Å². The highest BCUT2D eigenvalue weighted by Gasteiger charge is 2.09. The molecule has 0 saturated carbocycles. The summed E-state index contributed by atoms with van der Waals surface area (Å²) in [4.78, 5) is 31.2. The first-order valence-electron chi connectivity index (χ1n) is 8.01. The Morgan fingerprint density at radius 3 is 2.70 bits per heavy atom. The molecular formula is C19H15BrClN3O2S. The van der Waals surface area contributed by atoms with Crippen molar-refractivity contribution in [2.45, 2.75) is 17.3 Å². The number of hydrogen-bond donors (Lipinski definition) is 2. The molecule has 2 aromatic carbocycles. The second kappa shape index (κ2) is 9.21. The molecule has 0 radical (unpaired) electrons. The minimum absolute atomic E-state index is 0.0186. The fourth-order valence-electron chi connectivity index (χ4n) is 2.32. The van der Waals surface area contributed by atoms with Crippen molar-refractivity contribution >= 4 is 50.9 Å². The molecular weight excluding hydrogens is 450 g/mol. The maximum absolute atomic E-state index is 12.2. The molecule has 0 bridgehead atoms. The van der Waals surface area contributed by atoms with Crippen LogP contribution in [0.5, 0.6) is 0 Å². The summed E-state index contributed by atoms with van der Waals surface area (Å²) in [6.07, 6.45) is 0.0186. The van der Waals surface area contributed by atoms with Gasteiger partial charge in [-0.05, 0) is 42.0 Å². The highest BCUT2D eigenvalue weighted by Crippen LogP contribution is 2.21. The van der Waals surface area contributed by atoms with Gasteiger partial charge in [-0.3, -0.25) is 9.59 Å². The predicted octanol–water partition coefficient (Wildman–Crippen LogP) is 4.66. The van der Waals surface area contributed by atoms with Gasteiger partial charge in [0.25, 0.3) is 5.56 Å². The third-order valence-corrected chi connectivity index (χ3v) is 5.22. The second-order valence-corrected chi connectivity index (χ2v) is 8.01. The first-order chi connectivity index (χ1) is 13.0. The van der Waals surface area contributed by atoms with Gasteiger partial charge in [-0.1, -0.05) is 51.4 Å². The second-order valence-electron chi connectivity index (χ2n) is 5.69. The van der Waals surface area contributed by atoms with Crippen LogP contribution in [0.1, 0.15) is 11.3 Å². The lowest BCUT2D eigenvalue weighted by Crippen LogP contribution is -2.18. The van der Waals surface area contributed by atoms with Crippen LogP contribution in [0.4, 0.5) is 5.69 Å². The molecule has 2 N–H and O–H groups in total. The van der Waals surface area contributed by atoms with Crippen molar-refractivity contribution in [3.05, 3.63) is 85.7 Å². The number of hydrogen-bond acceptors (Lipinski definition) is 4. The predicted molar refractivity (Wildman–Crippen MR) is 112 cm³/mol. The Morgan fingerprint density at radius 1 is 1.19 bits per heavy atom. The van der Waals surface area contributed by atoms with Crippen molar-refractivity contribution in [1.29, 1.82) is 0 Å². The quantitative estimate of drug-likeness (QED) is 0.411. The van der Waals surface area contributed by atoms with E-state index in [0.717, 1.165) is 10.0 Å². The summed E-state index contributed by atoms with van der Waals surface area (Å²) in [7, 11) is 0. The molecule has 3 rings (SSSR count). The summed E-state index contributed by atoms with van der Waals surface area (Å²) in [6, 6.07) is 16.1. The van der Waals surface area contributed by atoms with Crippen molar-refractivity contribution in [2.75, 3.05) is 5.32 Å². The van der Waals surface area contributed by atoms with Crippen molar-refractivity contribution in [2.24, 2.45) is 0 Å². The van der Waals surface area contributed by atoms with Crippen molar-refractivity contribution in [1.82, 2.24) is 9.97 Å². The highest BCUT2D eigenvalue weighted by atomic mass is 79.9. The molecule has 0 unspecified atom stereocenters. The van der Waals surface area contributed by atoms with Gasteiger partial charge in [0.15, 0.2) is 5.16 Å². The first-order valence-corrected chi connectivity index (χ1v) is 10.2. The van der Waals surface area contributed by atoms with E-state index in [1.807, 2.05) is 30.3 Å². The van der Waals surface area contributed by atoms with E-state index in [0.29, 0.717) is 27.3 Å². The molecule has 0 saturated heterocycles. The number of nitrogens with zero attached hydrogens (tertiary/aromatic N) is 1. The number of benzene rings is 2. The van der Waals surface area contributed by atoms with Crippen LogP contribution in [0.2, 0.25) is 5.02 Å². The molecule has 0 atom stereocenters. The first kappa shape index (κ1) is 19.7. The molecule has 138 valence electrons. The van der Waals surface area contributed by atoms with E-state index in [-0.39, 0.29) is 17.9 Å². The Morgan fingerprint density at radius 2 is 1.96 bits per heavy atom. The maximum Gasteiger partial charge on any atom is 0.251 e. The van der Waals surface area contributed by atoms with Crippen LogP contribution in [-0.2, 0) is 17.0 Å². The lowest BCUT2D eigenvalue weighted by atomic mass is 10.2. The number of halogens is 2. The SMILES string of the molecule is O=C(Cc1cc(=O)[nH]c(SCc2cccc(Cl)c2)n1)Nc1ccc(Br)cc1. The van der Waals surface area contributed by atoms with Gasteiger partial charge in [0.05, 0.1) is 12.1 Å². The molecule has 1 amide bonds. The molecule has 0 aliphatic carbocycles. The van der Waals surface area contributed by atoms with Crippen LogP contribution in [-0.4, -0.2) is 15.9 Å². The zero-order valence-electron chi connectivity index (χ0n) is 14.0. The Bertz CT molecular complexity index is 1010. The van der Waals surface area contributed by atoms with Crippen LogP contribution < -0.4 is 10.9 Å². The van der Waals surface area contributed by atoms with E-state index in [1.165, 1.54) is 17.8 Å².